The average molecular weight is 473 g/mol. The quantitative estimate of drug-likeness (QED) is 0.410. The van der Waals surface area contributed by atoms with E-state index < -0.39 is 23.3 Å². The number of rotatable bonds is 7. The van der Waals surface area contributed by atoms with Gasteiger partial charge >= 0.3 is 12.1 Å². The van der Waals surface area contributed by atoms with Gasteiger partial charge in [-0.3, -0.25) is 4.98 Å². The molecule has 3 rings (SSSR count). The Balaban J connectivity index is 1.78. The van der Waals surface area contributed by atoms with Crippen LogP contribution >= 0.6 is 0 Å². The fourth-order valence-corrected chi connectivity index (χ4v) is 3.41. The summed E-state index contributed by atoms with van der Waals surface area (Å²) in [6.07, 6.45) is -4.81. The third-order valence-corrected chi connectivity index (χ3v) is 5.39. The van der Waals surface area contributed by atoms with E-state index in [0.717, 1.165) is 17.7 Å². The van der Waals surface area contributed by atoms with Crippen LogP contribution in [0.15, 0.2) is 54.6 Å². The van der Waals surface area contributed by atoms with Gasteiger partial charge in [-0.15, -0.1) is 0 Å². The Morgan fingerprint density at radius 2 is 1.74 bits per heavy atom. The smallest absolute Gasteiger partial charge is 0.416 e. The molecule has 0 radical (unpaired) electrons. The fourth-order valence-electron chi connectivity index (χ4n) is 3.41. The number of benzene rings is 2. The maximum atomic E-state index is 13.0. The van der Waals surface area contributed by atoms with Crippen LogP contribution in [-0.2, 0) is 11.0 Å². The van der Waals surface area contributed by atoms with Crippen molar-refractivity contribution < 1.29 is 32.5 Å². The lowest BCUT2D eigenvalue weighted by atomic mass is 10.0. The van der Waals surface area contributed by atoms with Crippen molar-refractivity contribution in [1.29, 1.82) is 0 Å². The maximum absolute atomic E-state index is 13.0. The van der Waals surface area contributed by atoms with Crippen molar-refractivity contribution in [2.24, 2.45) is 0 Å². The number of pyridine rings is 1. The molecular weight excluding hydrogens is 447 g/mol. The molecule has 0 aliphatic rings. The van der Waals surface area contributed by atoms with Gasteiger partial charge in [0, 0.05) is 16.8 Å². The molecule has 1 heterocycles. The summed E-state index contributed by atoms with van der Waals surface area (Å²) in [6.45, 7) is 8.37. The number of alkyl halides is 3. The second-order valence-electron chi connectivity index (χ2n) is 8.55. The van der Waals surface area contributed by atoms with Crippen LogP contribution < -0.4 is 9.47 Å². The largest absolute Gasteiger partial charge is 0.486 e. The Hall–Kier alpha value is -3.55. The monoisotopic (exact) mass is 473 g/mol. The van der Waals surface area contributed by atoms with Crippen molar-refractivity contribution in [2.75, 3.05) is 0 Å². The normalized spacial score (nSPS) is 12.8. The zero-order valence-corrected chi connectivity index (χ0v) is 19.5. The first-order valence-electron chi connectivity index (χ1n) is 10.6. The first-order chi connectivity index (χ1) is 15.8. The van der Waals surface area contributed by atoms with Gasteiger partial charge in [-0.05, 0) is 76.6 Å². The standard InChI is InChI=1S/C26H26F3NO4/c1-15-13-20(9-12-23(15)34-25(4,5)24(31)32)33-17(3)21-10-11-22(30-16(21)2)18-7-6-8-19(14-18)26(27,28)29/h6-14,17H,1-5H3,(H,31,32). The summed E-state index contributed by atoms with van der Waals surface area (Å²) in [5.74, 6) is -0.0695. The van der Waals surface area contributed by atoms with Gasteiger partial charge < -0.3 is 14.6 Å². The molecule has 0 saturated heterocycles. The summed E-state index contributed by atoms with van der Waals surface area (Å²) in [4.78, 5) is 15.8. The van der Waals surface area contributed by atoms with Gasteiger partial charge in [-0.1, -0.05) is 18.2 Å². The molecule has 0 fully saturated rings. The molecule has 3 aromatic rings. The number of hydrogen-bond acceptors (Lipinski definition) is 4. The highest BCUT2D eigenvalue weighted by Gasteiger charge is 2.31. The zero-order valence-electron chi connectivity index (χ0n) is 19.5. The van der Waals surface area contributed by atoms with E-state index in [2.05, 4.69) is 4.98 Å². The van der Waals surface area contributed by atoms with Crippen molar-refractivity contribution in [2.45, 2.75) is 52.5 Å². The van der Waals surface area contributed by atoms with Gasteiger partial charge in [-0.25, -0.2) is 4.79 Å². The first kappa shape index (κ1) is 25.1. The topological polar surface area (TPSA) is 68.7 Å². The molecule has 5 nitrogen and oxygen atoms in total. The third-order valence-electron chi connectivity index (χ3n) is 5.39. The van der Waals surface area contributed by atoms with Crippen LogP contribution in [0.25, 0.3) is 11.3 Å². The molecule has 0 saturated carbocycles. The lowest BCUT2D eigenvalue weighted by Crippen LogP contribution is -2.38. The van der Waals surface area contributed by atoms with Gasteiger partial charge in [0.25, 0.3) is 0 Å². The SMILES string of the molecule is Cc1cc(OC(C)c2ccc(-c3cccc(C(F)(F)F)c3)nc2C)ccc1OC(C)(C)C(=O)O. The van der Waals surface area contributed by atoms with E-state index in [-0.39, 0.29) is 6.10 Å². The van der Waals surface area contributed by atoms with E-state index in [4.69, 9.17) is 9.47 Å². The molecule has 0 amide bonds. The predicted octanol–water partition coefficient (Wildman–Crippen LogP) is 6.77. The lowest BCUT2D eigenvalue weighted by molar-refractivity contribution is -0.152. The summed E-state index contributed by atoms with van der Waals surface area (Å²) in [5.41, 5.74) is 0.882. The summed E-state index contributed by atoms with van der Waals surface area (Å²) < 4.78 is 50.8. The zero-order chi connectivity index (χ0) is 25.3. The molecule has 0 spiro atoms. The minimum Gasteiger partial charge on any atom is -0.486 e. The van der Waals surface area contributed by atoms with Crippen LogP contribution in [0.5, 0.6) is 11.5 Å². The molecule has 8 heteroatoms. The number of nitrogens with zero attached hydrogens (tertiary/aromatic N) is 1. The van der Waals surface area contributed by atoms with Gasteiger partial charge in [0.15, 0.2) is 5.60 Å². The number of aromatic nitrogens is 1. The Bertz CT molecular complexity index is 1200. The second-order valence-corrected chi connectivity index (χ2v) is 8.55. The lowest BCUT2D eigenvalue weighted by Gasteiger charge is -2.23. The van der Waals surface area contributed by atoms with Crippen LogP contribution in [0.4, 0.5) is 13.2 Å². The van der Waals surface area contributed by atoms with Gasteiger partial charge in [0.1, 0.15) is 17.6 Å². The Morgan fingerprint density at radius 1 is 1.03 bits per heavy atom. The number of halogens is 3. The molecule has 1 aromatic heterocycles. The Morgan fingerprint density at radius 3 is 2.32 bits per heavy atom. The summed E-state index contributed by atoms with van der Waals surface area (Å²) in [6, 6.07) is 13.6. The van der Waals surface area contributed by atoms with E-state index in [0.29, 0.717) is 34.0 Å². The molecule has 1 N–H and O–H groups in total. The minimum absolute atomic E-state index is 0.383. The molecule has 0 aliphatic carbocycles. The molecule has 180 valence electrons. The molecule has 1 unspecified atom stereocenters. The Labute approximate surface area is 196 Å². The van der Waals surface area contributed by atoms with E-state index >= 15 is 0 Å². The third kappa shape index (κ3) is 5.68. The van der Waals surface area contributed by atoms with Crippen LogP contribution in [-0.4, -0.2) is 21.7 Å². The van der Waals surface area contributed by atoms with Crippen LogP contribution in [0.1, 0.15) is 49.3 Å². The van der Waals surface area contributed by atoms with E-state index in [1.165, 1.54) is 19.9 Å². The first-order valence-corrected chi connectivity index (χ1v) is 10.6. The van der Waals surface area contributed by atoms with E-state index in [1.807, 2.05) is 6.92 Å². The van der Waals surface area contributed by atoms with Crippen molar-refractivity contribution in [3.8, 4) is 22.8 Å². The molecule has 2 aromatic carbocycles. The minimum atomic E-state index is -4.42. The molecule has 0 bridgehead atoms. The van der Waals surface area contributed by atoms with Gasteiger partial charge in [0.05, 0.1) is 11.3 Å². The van der Waals surface area contributed by atoms with Crippen LogP contribution in [0, 0.1) is 13.8 Å². The van der Waals surface area contributed by atoms with Crippen molar-refractivity contribution >= 4 is 5.97 Å². The second kappa shape index (κ2) is 9.37. The maximum Gasteiger partial charge on any atom is 0.416 e. The summed E-state index contributed by atoms with van der Waals surface area (Å²) >= 11 is 0. The Kier molecular flexibility index (Phi) is 6.91. The van der Waals surface area contributed by atoms with Crippen molar-refractivity contribution in [3.05, 3.63) is 77.0 Å². The molecule has 0 aliphatic heterocycles. The average Bonchev–Trinajstić information content (AvgIpc) is 2.75. The highest BCUT2D eigenvalue weighted by Crippen LogP contribution is 2.33. The number of aliphatic carboxylic acids is 1. The van der Waals surface area contributed by atoms with E-state index in [1.54, 1.807) is 50.2 Å². The number of carboxylic acid groups (broad SMARTS) is 1. The van der Waals surface area contributed by atoms with Crippen molar-refractivity contribution in [3.63, 3.8) is 0 Å². The predicted molar refractivity (Wildman–Crippen MR) is 122 cm³/mol. The summed E-state index contributed by atoms with van der Waals surface area (Å²) in [5, 5.41) is 9.25. The molecule has 1 atom stereocenters. The molecular formula is C26H26F3NO4. The summed E-state index contributed by atoms with van der Waals surface area (Å²) in [7, 11) is 0. The highest BCUT2D eigenvalue weighted by atomic mass is 19.4. The fraction of sp³-hybridized carbons (Fsp3) is 0.308. The van der Waals surface area contributed by atoms with Gasteiger partial charge in [0.2, 0.25) is 0 Å². The number of aryl methyl sites for hydroxylation is 2. The highest BCUT2D eigenvalue weighted by molar-refractivity contribution is 5.76. The van der Waals surface area contributed by atoms with Gasteiger partial charge in [-0.2, -0.15) is 13.2 Å². The number of hydrogen-bond donors (Lipinski definition) is 1. The number of carbonyl (C=O) groups is 1. The number of ether oxygens (including phenoxy) is 2. The number of carboxylic acids is 1. The molecule has 34 heavy (non-hydrogen) atoms. The van der Waals surface area contributed by atoms with E-state index in [9.17, 15) is 23.1 Å². The van der Waals surface area contributed by atoms with Crippen LogP contribution in [0.2, 0.25) is 0 Å². The van der Waals surface area contributed by atoms with Crippen molar-refractivity contribution in [1.82, 2.24) is 4.98 Å². The van der Waals surface area contributed by atoms with Crippen LogP contribution in [0.3, 0.4) is 0 Å².